The summed E-state index contributed by atoms with van der Waals surface area (Å²) in [5.74, 6) is -0.650. The molecule has 0 radical (unpaired) electrons. The predicted molar refractivity (Wildman–Crippen MR) is 81.9 cm³/mol. The fourth-order valence-corrected chi connectivity index (χ4v) is 2.42. The average Bonchev–Trinajstić information content (AvgIpc) is 2.51. The number of nitrogens with two attached hydrogens (primary N) is 1. The van der Waals surface area contributed by atoms with Crippen LogP contribution < -0.4 is 14.6 Å². The third-order valence-electron chi connectivity index (χ3n) is 3.01. The van der Waals surface area contributed by atoms with E-state index in [1.165, 1.54) is 12.1 Å². The lowest BCUT2D eigenvalue weighted by Crippen LogP contribution is -2.17. The van der Waals surface area contributed by atoms with Crippen LogP contribution in [0.3, 0.4) is 0 Å². The topological polar surface area (TPSA) is 122 Å². The SMILES string of the molecule is NS(=O)(=O)c1ccc(OCc2ccc(OC(F)(F)F)cc2)c([N+](=O)[O-])c1. The van der Waals surface area contributed by atoms with Gasteiger partial charge in [0.25, 0.3) is 0 Å². The first kappa shape index (κ1) is 19.5. The molecule has 2 rings (SSSR count). The van der Waals surface area contributed by atoms with Gasteiger partial charge in [0, 0.05) is 6.07 Å². The molecule has 0 heterocycles. The average molecular weight is 392 g/mol. The maximum Gasteiger partial charge on any atom is 0.573 e. The fraction of sp³-hybridized carbons (Fsp3) is 0.143. The van der Waals surface area contributed by atoms with Gasteiger partial charge in [0.05, 0.1) is 9.82 Å². The normalized spacial score (nSPS) is 11.8. The molecule has 2 N–H and O–H groups in total. The van der Waals surface area contributed by atoms with E-state index in [2.05, 4.69) is 4.74 Å². The number of alkyl halides is 3. The molecule has 0 spiro atoms. The third-order valence-corrected chi connectivity index (χ3v) is 3.92. The van der Waals surface area contributed by atoms with Crippen LogP contribution in [0.25, 0.3) is 0 Å². The zero-order valence-corrected chi connectivity index (χ0v) is 13.6. The Labute approximate surface area is 145 Å². The number of nitro groups is 1. The van der Waals surface area contributed by atoms with Gasteiger partial charge in [0.2, 0.25) is 10.0 Å². The van der Waals surface area contributed by atoms with Gasteiger partial charge < -0.3 is 9.47 Å². The number of benzene rings is 2. The first-order valence-electron chi connectivity index (χ1n) is 6.74. The van der Waals surface area contributed by atoms with Gasteiger partial charge in [-0.15, -0.1) is 13.2 Å². The van der Waals surface area contributed by atoms with Crippen LogP contribution in [0.15, 0.2) is 47.4 Å². The Morgan fingerprint density at radius 1 is 1.12 bits per heavy atom. The van der Waals surface area contributed by atoms with Crippen LogP contribution in [-0.4, -0.2) is 19.7 Å². The van der Waals surface area contributed by atoms with E-state index in [0.717, 1.165) is 30.3 Å². The molecule has 8 nitrogen and oxygen atoms in total. The maximum absolute atomic E-state index is 12.1. The second-order valence-corrected chi connectivity index (χ2v) is 6.47. The molecule has 140 valence electrons. The zero-order valence-electron chi connectivity index (χ0n) is 12.8. The van der Waals surface area contributed by atoms with Gasteiger partial charge in [-0.2, -0.15) is 0 Å². The van der Waals surface area contributed by atoms with Crippen molar-refractivity contribution in [1.29, 1.82) is 0 Å². The van der Waals surface area contributed by atoms with E-state index in [1.54, 1.807) is 0 Å². The summed E-state index contributed by atoms with van der Waals surface area (Å²) < 4.78 is 67.7. The van der Waals surface area contributed by atoms with Crippen LogP contribution in [0.1, 0.15) is 5.56 Å². The smallest absolute Gasteiger partial charge is 0.482 e. The molecule has 2 aromatic carbocycles. The first-order valence-corrected chi connectivity index (χ1v) is 8.29. The van der Waals surface area contributed by atoms with Gasteiger partial charge in [-0.1, -0.05) is 12.1 Å². The van der Waals surface area contributed by atoms with Crippen molar-refractivity contribution in [3.05, 3.63) is 58.1 Å². The summed E-state index contributed by atoms with van der Waals surface area (Å²) in [7, 11) is -4.13. The van der Waals surface area contributed by atoms with E-state index in [1.807, 2.05) is 0 Å². The molecule has 12 heteroatoms. The van der Waals surface area contributed by atoms with Crippen molar-refractivity contribution in [3.8, 4) is 11.5 Å². The monoisotopic (exact) mass is 392 g/mol. The summed E-state index contributed by atoms with van der Waals surface area (Å²) in [5.41, 5.74) is -0.210. The highest BCUT2D eigenvalue weighted by atomic mass is 32.2. The molecule has 0 fully saturated rings. The molecular formula is C14H11F3N2O6S. The van der Waals surface area contributed by atoms with Crippen molar-refractivity contribution in [3.63, 3.8) is 0 Å². The minimum absolute atomic E-state index is 0.206. The van der Waals surface area contributed by atoms with E-state index in [9.17, 15) is 31.7 Å². The third kappa shape index (κ3) is 5.32. The molecule has 0 bridgehead atoms. The molecule has 0 saturated heterocycles. The molecule has 0 amide bonds. The summed E-state index contributed by atoms with van der Waals surface area (Å²) in [4.78, 5) is 9.76. The molecule has 0 aliphatic heterocycles. The number of rotatable bonds is 6. The Balaban J connectivity index is 2.15. The molecule has 26 heavy (non-hydrogen) atoms. The Morgan fingerprint density at radius 3 is 2.23 bits per heavy atom. The minimum atomic E-state index is -4.82. The summed E-state index contributed by atoms with van der Waals surface area (Å²) >= 11 is 0. The van der Waals surface area contributed by atoms with Gasteiger partial charge in [-0.25, -0.2) is 13.6 Å². The Kier molecular flexibility index (Phi) is 5.37. The summed E-state index contributed by atoms with van der Waals surface area (Å²) in [6.45, 7) is -0.206. The van der Waals surface area contributed by atoms with Crippen molar-refractivity contribution in [2.75, 3.05) is 0 Å². The van der Waals surface area contributed by atoms with Crippen LogP contribution in [-0.2, 0) is 16.6 Å². The molecule has 0 aromatic heterocycles. The highest BCUT2D eigenvalue weighted by molar-refractivity contribution is 7.89. The van der Waals surface area contributed by atoms with Crippen molar-refractivity contribution in [2.45, 2.75) is 17.9 Å². The molecule has 0 atom stereocenters. The van der Waals surface area contributed by atoms with E-state index in [0.29, 0.717) is 5.56 Å². The molecule has 0 aliphatic rings. The second kappa shape index (κ2) is 7.17. The standard InChI is InChI=1S/C14H11F3N2O6S/c15-14(16,17)25-10-3-1-9(2-4-10)8-24-13-6-5-11(26(18,22)23)7-12(13)19(20)21/h1-7H,8H2,(H2,18,22,23). The number of ether oxygens (including phenoxy) is 2. The number of halogens is 3. The van der Waals surface area contributed by atoms with E-state index < -0.39 is 37.6 Å². The number of hydrogen-bond donors (Lipinski definition) is 1. The zero-order chi connectivity index (χ0) is 19.5. The highest BCUT2D eigenvalue weighted by Gasteiger charge is 2.31. The lowest BCUT2D eigenvalue weighted by Gasteiger charge is -2.10. The van der Waals surface area contributed by atoms with Crippen molar-refractivity contribution >= 4 is 15.7 Å². The Bertz CT molecular complexity index is 913. The number of nitro benzene ring substituents is 1. The van der Waals surface area contributed by atoms with Crippen LogP contribution in [0.4, 0.5) is 18.9 Å². The van der Waals surface area contributed by atoms with Gasteiger partial charge in [0.1, 0.15) is 12.4 Å². The molecule has 0 saturated carbocycles. The number of sulfonamides is 1. The predicted octanol–water partition coefficient (Wildman–Crippen LogP) is 2.72. The van der Waals surface area contributed by atoms with E-state index >= 15 is 0 Å². The number of hydrogen-bond acceptors (Lipinski definition) is 6. The van der Waals surface area contributed by atoms with Crippen LogP contribution in [0, 0.1) is 10.1 Å². The van der Waals surface area contributed by atoms with E-state index in [-0.39, 0.29) is 12.4 Å². The second-order valence-electron chi connectivity index (χ2n) is 4.91. The van der Waals surface area contributed by atoms with Crippen LogP contribution in [0.5, 0.6) is 11.5 Å². The Morgan fingerprint density at radius 2 is 1.73 bits per heavy atom. The minimum Gasteiger partial charge on any atom is -0.482 e. The van der Waals surface area contributed by atoms with E-state index in [4.69, 9.17) is 9.88 Å². The fourth-order valence-electron chi connectivity index (χ4n) is 1.89. The molecule has 0 unspecified atom stereocenters. The number of primary sulfonamides is 1. The summed E-state index contributed by atoms with van der Waals surface area (Å²) in [6.07, 6.45) is -4.82. The van der Waals surface area contributed by atoms with Crippen LogP contribution >= 0.6 is 0 Å². The van der Waals surface area contributed by atoms with Gasteiger partial charge >= 0.3 is 12.0 Å². The lowest BCUT2D eigenvalue weighted by molar-refractivity contribution is -0.386. The highest BCUT2D eigenvalue weighted by Crippen LogP contribution is 2.30. The first-order chi connectivity index (χ1) is 12.0. The van der Waals surface area contributed by atoms with Crippen molar-refractivity contribution < 1.29 is 36.0 Å². The van der Waals surface area contributed by atoms with Crippen molar-refractivity contribution in [1.82, 2.24) is 0 Å². The largest absolute Gasteiger partial charge is 0.573 e. The van der Waals surface area contributed by atoms with Gasteiger partial charge in [-0.05, 0) is 29.8 Å². The maximum atomic E-state index is 12.1. The lowest BCUT2D eigenvalue weighted by atomic mass is 10.2. The van der Waals surface area contributed by atoms with Crippen LogP contribution in [0.2, 0.25) is 0 Å². The summed E-state index contributed by atoms with van der Waals surface area (Å²) in [5, 5.41) is 16.0. The van der Waals surface area contributed by atoms with Crippen molar-refractivity contribution in [2.24, 2.45) is 5.14 Å². The summed E-state index contributed by atoms with van der Waals surface area (Å²) in [6, 6.07) is 7.55. The quantitative estimate of drug-likeness (QED) is 0.596. The Hall–Kier alpha value is -2.86. The van der Waals surface area contributed by atoms with Gasteiger partial charge in [0.15, 0.2) is 5.75 Å². The van der Waals surface area contributed by atoms with Gasteiger partial charge in [-0.3, -0.25) is 10.1 Å². The molecular weight excluding hydrogens is 381 g/mol. The number of nitrogens with zero attached hydrogens (tertiary/aromatic N) is 1. The molecule has 0 aliphatic carbocycles. The molecule has 2 aromatic rings.